The van der Waals surface area contributed by atoms with Crippen LogP contribution in [0.5, 0.6) is 0 Å². The first-order valence-electron chi connectivity index (χ1n) is 5.12. The largest absolute Gasteiger partial charge is 1.00 e. The molecule has 1 N–H and O–H groups in total. The summed E-state index contributed by atoms with van der Waals surface area (Å²) in [5, 5.41) is 0. The van der Waals surface area contributed by atoms with Gasteiger partial charge in [-0.2, -0.15) is 4.57 Å². The summed E-state index contributed by atoms with van der Waals surface area (Å²) in [6, 6.07) is 8.49. The number of nitrogens with one attached hydrogen (secondary N) is 1. The van der Waals surface area contributed by atoms with Crippen LogP contribution in [0.15, 0.2) is 36.7 Å². The zero-order valence-corrected chi connectivity index (χ0v) is 11.7. The zero-order valence-electron chi connectivity index (χ0n) is 10.2. The van der Waals surface area contributed by atoms with Crippen molar-refractivity contribution < 1.29 is 34.4 Å². The van der Waals surface area contributed by atoms with Crippen LogP contribution in [-0.2, 0) is 7.05 Å². The molecule has 0 unspecified atom stereocenters. The fourth-order valence-corrected chi connectivity index (χ4v) is 1.69. The Labute approximate surface area is 115 Å². The van der Waals surface area contributed by atoms with Crippen molar-refractivity contribution in [3.8, 4) is 11.4 Å². The van der Waals surface area contributed by atoms with Gasteiger partial charge in [0.05, 0.1) is 0 Å². The summed E-state index contributed by atoms with van der Waals surface area (Å²) in [5.74, 6) is 0. The lowest BCUT2D eigenvalue weighted by molar-refractivity contribution is -0.663. The molecule has 2 rings (SSSR count). The van der Waals surface area contributed by atoms with E-state index in [4.69, 9.17) is 0 Å². The molecule has 0 saturated heterocycles. The molecule has 0 radical (unpaired) electrons. The number of hydrogen-bond acceptors (Lipinski definition) is 0. The maximum atomic E-state index is 3.29. The molecule has 17 heavy (non-hydrogen) atoms. The summed E-state index contributed by atoms with van der Waals surface area (Å²) >= 11 is 0. The van der Waals surface area contributed by atoms with Crippen LogP contribution >= 0.6 is 0 Å². The van der Waals surface area contributed by atoms with Crippen molar-refractivity contribution in [1.82, 2.24) is 0 Å². The molecule has 0 atom stereocenters. The van der Waals surface area contributed by atoms with E-state index in [1.807, 2.05) is 6.20 Å². The predicted octanol–water partition coefficient (Wildman–Crippen LogP) is -4.38. The first kappa shape index (κ1) is 15.9. The number of aromatic amines is 1. The van der Waals surface area contributed by atoms with E-state index < -0.39 is 0 Å². The quantitative estimate of drug-likeness (QED) is 0.467. The van der Waals surface area contributed by atoms with Crippen molar-refractivity contribution in [2.45, 2.75) is 13.8 Å². The zero-order chi connectivity index (χ0) is 10.8. The van der Waals surface area contributed by atoms with Crippen molar-refractivity contribution in [3.63, 3.8) is 0 Å². The summed E-state index contributed by atoms with van der Waals surface area (Å²) in [5.41, 5.74) is 4.85. The van der Waals surface area contributed by atoms with Crippen LogP contribution in [0.25, 0.3) is 11.4 Å². The highest BCUT2D eigenvalue weighted by Gasteiger charge is 2.14. The van der Waals surface area contributed by atoms with E-state index in [0.717, 1.165) is 5.69 Å². The Bertz CT molecular complexity index is 481. The second-order valence-corrected chi connectivity index (χ2v) is 3.98. The summed E-state index contributed by atoms with van der Waals surface area (Å²) in [6.45, 7) is 4.18. The summed E-state index contributed by atoms with van der Waals surface area (Å²) in [7, 11) is 2.07. The van der Waals surface area contributed by atoms with Crippen LogP contribution in [0.4, 0.5) is 0 Å². The summed E-state index contributed by atoms with van der Waals surface area (Å²) in [6.07, 6.45) is 4.15. The SMILES string of the molecule is Cc1ccc(-c2ccc(C)c[n+]2C)[nH+]c1.[Cl-].[Cl-]. The lowest BCUT2D eigenvalue weighted by atomic mass is 10.2. The van der Waals surface area contributed by atoms with Crippen LogP contribution in [0.1, 0.15) is 11.1 Å². The third-order valence-corrected chi connectivity index (χ3v) is 2.53. The molecule has 0 aliphatic rings. The molecule has 0 aliphatic carbocycles. The second-order valence-electron chi connectivity index (χ2n) is 3.98. The Hall–Kier alpha value is -1.12. The van der Waals surface area contributed by atoms with Gasteiger partial charge in [0.15, 0.2) is 12.4 Å². The third kappa shape index (κ3) is 3.69. The highest BCUT2D eigenvalue weighted by molar-refractivity contribution is 5.46. The molecule has 2 nitrogen and oxygen atoms in total. The van der Waals surface area contributed by atoms with E-state index in [2.05, 4.69) is 60.9 Å². The van der Waals surface area contributed by atoms with E-state index >= 15 is 0 Å². The molecule has 0 spiro atoms. The topological polar surface area (TPSA) is 18.0 Å². The summed E-state index contributed by atoms with van der Waals surface area (Å²) in [4.78, 5) is 3.29. The van der Waals surface area contributed by atoms with Crippen LogP contribution in [-0.4, -0.2) is 0 Å². The maximum absolute atomic E-state index is 3.29. The van der Waals surface area contributed by atoms with Crippen LogP contribution in [0, 0.1) is 13.8 Å². The minimum Gasteiger partial charge on any atom is -1.00 e. The average molecular weight is 271 g/mol. The molecule has 2 aromatic heterocycles. The summed E-state index contributed by atoms with van der Waals surface area (Å²) < 4.78 is 2.14. The fraction of sp³-hybridized carbons (Fsp3) is 0.231. The molecule has 0 amide bonds. The number of hydrogen-bond donors (Lipinski definition) is 0. The van der Waals surface area contributed by atoms with Gasteiger partial charge in [0.2, 0.25) is 0 Å². The lowest BCUT2D eigenvalue weighted by Crippen LogP contribution is -3.00. The van der Waals surface area contributed by atoms with Gasteiger partial charge in [-0.25, -0.2) is 4.98 Å². The molecule has 0 fully saturated rings. The number of H-pyrrole nitrogens is 1. The van der Waals surface area contributed by atoms with Crippen LogP contribution < -0.4 is 34.4 Å². The maximum Gasteiger partial charge on any atom is 0.277 e. The Morgan fingerprint density at radius 1 is 0.941 bits per heavy atom. The van der Waals surface area contributed by atoms with E-state index in [1.54, 1.807) is 0 Å². The molecular formula is C13H16Cl2N2. The number of halogens is 2. The van der Waals surface area contributed by atoms with E-state index in [0.29, 0.717) is 0 Å². The smallest absolute Gasteiger partial charge is 0.277 e. The van der Waals surface area contributed by atoms with Crippen LogP contribution in [0.2, 0.25) is 0 Å². The minimum absolute atomic E-state index is 0. The Kier molecular flexibility index (Phi) is 6.14. The highest BCUT2D eigenvalue weighted by atomic mass is 35.5. The van der Waals surface area contributed by atoms with Gasteiger partial charge in [-0.15, -0.1) is 0 Å². The van der Waals surface area contributed by atoms with Crippen LogP contribution in [0.3, 0.4) is 0 Å². The molecule has 0 aliphatic heterocycles. The number of aryl methyl sites for hydroxylation is 3. The van der Waals surface area contributed by atoms with E-state index in [9.17, 15) is 0 Å². The van der Waals surface area contributed by atoms with E-state index in [1.165, 1.54) is 16.8 Å². The first-order chi connectivity index (χ1) is 7.16. The molecule has 0 aromatic carbocycles. The first-order valence-corrected chi connectivity index (χ1v) is 5.12. The van der Waals surface area contributed by atoms with Crippen molar-refractivity contribution in [1.29, 1.82) is 0 Å². The molecular weight excluding hydrogens is 255 g/mol. The van der Waals surface area contributed by atoms with Gasteiger partial charge in [-0.05, 0) is 26.0 Å². The lowest BCUT2D eigenvalue weighted by Gasteiger charge is -1.96. The van der Waals surface area contributed by atoms with E-state index in [-0.39, 0.29) is 24.8 Å². The number of aromatic nitrogens is 2. The Balaban J connectivity index is 0.00000128. The molecule has 2 aromatic rings. The standard InChI is InChI=1S/C13H15N2.2ClH/c1-10-4-6-12(14-8-10)13-7-5-11(2)9-15(13)3;;/h4-9H,1-3H3;2*1H/q+1;;/p-1. The van der Waals surface area contributed by atoms with Crippen molar-refractivity contribution in [2.24, 2.45) is 7.05 Å². The van der Waals surface area contributed by atoms with Gasteiger partial charge in [0.25, 0.3) is 11.4 Å². The Morgan fingerprint density at radius 2 is 1.59 bits per heavy atom. The highest BCUT2D eigenvalue weighted by Crippen LogP contribution is 2.09. The fourth-order valence-electron chi connectivity index (χ4n) is 1.69. The number of pyridine rings is 2. The van der Waals surface area contributed by atoms with Gasteiger partial charge >= 0.3 is 0 Å². The average Bonchev–Trinajstić information content (AvgIpc) is 2.20. The molecule has 92 valence electrons. The van der Waals surface area contributed by atoms with Gasteiger partial charge in [0, 0.05) is 23.3 Å². The van der Waals surface area contributed by atoms with Gasteiger partial charge in [-0.1, -0.05) is 0 Å². The molecule has 2 heterocycles. The van der Waals surface area contributed by atoms with Crippen molar-refractivity contribution >= 4 is 0 Å². The van der Waals surface area contributed by atoms with Crippen molar-refractivity contribution in [2.75, 3.05) is 0 Å². The van der Waals surface area contributed by atoms with Gasteiger partial charge < -0.3 is 24.8 Å². The normalized spacial score (nSPS) is 9.12. The van der Waals surface area contributed by atoms with Crippen molar-refractivity contribution in [3.05, 3.63) is 47.8 Å². The second kappa shape index (κ2) is 6.58. The van der Waals surface area contributed by atoms with Gasteiger partial charge in [-0.3, -0.25) is 0 Å². The number of rotatable bonds is 1. The molecule has 4 heteroatoms. The monoisotopic (exact) mass is 270 g/mol. The molecule has 0 saturated carbocycles. The molecule has 0 bridgehead atoms. The van der Waals surface area contributed by atoms with Gasteiger partial charge in [0.1, 0.15) is 7.05 Å². The predicted molar refractivity (Wildman–Crippen MR) is 59.1 cm³/mol. The third-order valence-electron chi connectivity index (χ3n) is 2.53. The minimum atomic E-state index is 0. The Morgan fingerprint density at radius 3 is 2.12 bits per heavy atom. The number of nitrogens with zero attached hydrogens (tertiary/aromatic N) is 1.